The number of nitrogens with one attached hydrogen (secondary N) is 2. The zero-order chi connectivity index (χ0) is 14.5. The zero-order valence-corrected chi connectivity index (χ0v) is 11.4. The molecule has 0 saturated carbocycles. The topological polar surface area (TPSA) is 78.4 Å². The minimum absolute atomic E-state index is 0.267. The van der Waals surface area contributed by atoms with E-state index in [0.29, 0.717) is 0 Å². The van der Waals surface area contributed by atoms with Crippen molar-refractivity contribution in [2.75, 3.05) is 0 Å². The van der Waals surface area contributed by atoms with E-state index in [4.69, 9.17) is 5.11 Å². The van der Waals surface area contributed by atoms with Crippen LogP contribution in [0.2, 0.25) is 0 Å². The van der Waals surface area contributed by atoms with Crippen molar-refractivity contribution >= 4 is 35.6 Å². The number of carbonyl (C=O) groups is 2. The van der Waals surface area contributed by atoms with Crippen LogP contribution >= 0.6 is 12.8 Å². The predicted molar refractivity (Wildman–Crippen MR) is 79.7 cm³/mol. The normalized spacial score (nSPS) is 11.8. The molecule has 0 aliphatic carbocycles. The average molecular weight is 290 g/mol. The summed E-state index contributed by atoms with van der Waals surface area (Å²) in [7, 11) is 0. The van der Waals surface area contributed by atoms with Crippen molar-refractivity contribution < 1.29 is 14.7 Å². The van der Waals surface area contributed by atoms with E-state index in [2.05, 4.69) is 22.9 Å². The average Bonchev–Trinajstić information content (AvgIpc) is 2.45. The fraction of sp³-hybridized carbons (Fsp3) is 0.143. The molecular formula is C14H14N2O3S. The Labute approximate surface area is 121 Å². The molecule has 0 fully saturated rings. The van der Waals surface area contributed by atoms with Gasteiger partial charge in [-0.05, 0) is 16.3 Å². The molecule has 0 unspecified atom stereocenters. The van der Waals surface area contributed by atoms with Crippen LogP contribution in [0.15, 0.2) is 42.5 Å². The van der Waals surface area contributed by atoms with E-state index >= 15 is 0 Å². The van der Waals surface area contributed by atoms with Crippen LogP contribution in [0.1, 0.15) is 5.56 Å². The molecule has 0 radical (unpaired) electrons. The van der Waals surface area contributed by atoms with Crippen molar-refractivity contribution in [3.63, 3.8) is 0 Å². The van der Waals surface area contributed by atoms with Crippen LogP contribution < -0.4 is 10.0 Å². The summed E-state index contributed by atoms with van der Waals surface area (Å²) in [6, 6.07) is 12.7. The number of fused-ring (bicyclic) bond motifs is 1. The molecule has 2 rings (SSSR count). The zero-order valence-electron chi connectivity index (χ0n) is 10.5. The first-order valence-electron chi connectivity index (χ1n) is 6.01. The van der Waals surface area contributed by atoms with E-state index in [-0.39, 0.29) is 6.42 Å². The van der Waals surface area contributed by atoms with Gasteiger partial charge in [0.2, 0.25) is 0 Å². The van der Waals surface area contributed by atoms with Gasteiger partial charge in [-0.3, -0.25) is 4.79 Å². The van der Waals surface area contributed by atoms with Crippen LogP contribution in [0.25, 0.3) is 10.8 Å². The second-order valence-electron chi connectivity index (χ2n) is 4.36. The molecule has 2 aromatic carbocycles. The van der Waals surface area contributed by atoms with Gasteiger partial charge in [-0.15, -0.1) is 0 Å². The molecule has 104 valence electrons. The molecule has 2 aromatic rings. The Balaban J connectivity index is 2.23. The smallest absolute Gasteiger partial charge is 0.405 e. The lowest BCUT2D eigenvalue weighted by Crippen LogP contribution is -2.45. The number of rotatable bonds is 4. The van der Waals surface area contributed by atoms with Crippen LogP contribution in [0, 0.1) is 0 Å². The maximum absolute atomic E-state index is 11.6. The molecule has 0 spiro atoms. The Morgan fingerprint density at radius 2 is 1.85 bits per heavy atom. The van der Waals surface area contributed by atoms with E-state index < -0.39 is 18.0 Å². The van der Waals surface area contributed by atoms with Crippen molar-refractivity contribution in [1.82, 2.24) is 10.0 Å². The van der Waals surface area contributed by atoms with Gasteiger partial charge in [0, 0.05) is 6.42 Å². The third-order valence-corrected chi connectivity index (χ3v) is 3.20. The number of hydrogen-bond donors (Lipinski definition) is 4. The molecule has 2 amide bonds. The third-order valence-electron chi connectivity index (χ3n) is 2.98. The highest BCUT2D eigenvalue weighted by Crippen LogP contribution is 2.16. The highest BCUT2D eigenvalue weighted by molar-refractivity contribution is 7.78. The number of thiol groups is 1. The van der Waals surface area contributed by atoms with Gasteiger partial charge in [0.05, 0.1) is 0 Å². The molecule has 0 aliphatic heterocycles. The first kappa shape index (κ1) is 14.2. The van der Waals surface area contributed by atoms with E-state index in [9.17, 15) is 9.59 Å². The fourth-order valence-electron chi connectivity index (χ4n) is 2.04. The monoisotopic (exact) mass is 290 g/mol. The van der Waals surface area contributed by atoms with E-state index in [1.165, 1.54) is 0 Å². The Bertz CT molecular complexity index is 645. The van der Waals surface area contributed by atoms with Crippen LogP contribution in [0.3, 0.4) is 0 Å². The van der Waals surface area contributed by atoms with Gasteiger partial charge in [-0.2, -0.15) is 0 Å². The molecule has 0 heterocycles. The summed E-state index contributed by atoms with van der Waals surface area (Å²) in [5, 5.41) is 13.1. The first-order valence-corrected chi connectivity index (χ1v) is 6.46. The molecule has 6 heteroatoms. The van der Waals surface area contributed by atoms with Gasteiger partial charge in [0.25, 0.3) is 5.91 Å². The molecule has 5 nitrogen and oxygen atoms in total. The van der Waals surface area contributed by atoms with Crippen LogP contribution in [-0.2, 0) is 11.2 Å². The highest BCUT2D eigenvalue weighted by Gasteiger charge is 2.20. The fourth-order valence-corrected chi connectivity index (χ4v) is 2.19. The van der Waals surface area contributed by atoms with Crippen molar-refractivity contribution in [2.24, 2.45) is 0 Å². The van der Waals surface area contributed by atoms with E-state index in [1.54, 1.807) is 0 Å². The number of carboxylic acid groups (broad SMARTS) is 1. The number of carbonyl (C=O) groups excluding carboxylic acids is 1. The largest absolute Gasteiger partial charge is 0.465 e. The van der Waals surface area contributed by atoms with Gasteiger partial charge < -0.3 is 15.1 Å². The molecular weight excluding hydrogens is 276 g/mol. The highest BCUT2D eigenvalue weighted by atomic mass is 32.1. The Hall–Kier alpha value is -2.21. The number of amides is 2. The predicted octanol–water partition coefficient (Wildman–Crippen LogP) is 1.98. The molecule has 0 bridgehead atoms. The Morgan fingerprint density at radius 3 is 2.50 bits per heavy atom. The molecule has 3 N–H and O–H groups in total. The van der Waals surface area contributed by atoms with Crippen molar-refractivity contribution in [3.05, 3.63) is 48.0 Å². The lowest BCUT2D eigenvalue weighted by Gasteiger charge is -2.15. The maximum atomic E-state index is 11.6. The maximum Gasteiger partial charge on any atom is 0.405 e. The first-order chi connectivity index (χ1) is 9.60. The SMILES string of the molecule is O=C(O)N[C@H](Cc1ccc2ccccc2c1)C(=O)NS. The minimum atomic E-state index is -1.24. The van der Waals surface area contributed by atoms with Gasteiger partial charge in [0.1, 0.15) is 6.04 Å². The third kappa shape index (κ3) is 3.42. The quantitative estimate of drug-likeness (QED) is 0.650. The lowest BCUT2D eigenvalue weighted by atomic mass is 10.0. The van der Waals surface area contributed by atoms with Gasteiger partial charge in [-0.25, -0.2) is 4.79 Å². The van der Waals surface area contributed by atoms with Gasteiger partial charge in [-0.1, -0.05) is 55.3 Å². The van der Waals surface area contributed by atoms with E-state index in [0.717, 1.165) is 16.3 Å². The van der Waals surface area contributed by atoms with Crippen molar-refractivity contribution in [2.45, 2.75) is 12.5 Å². The Morgan fingerprint density at radius 1 is 1.15 bits per heavy atom. The number of benzene rings is 2. The molecule has 0 aliphatic rings. The van der Waals surface area contributed by atoms with Crippen LogP contribution in [0.4, 0.5) is 4.79 Å². The van der Waals surface area contributed by atoms with Crippen molar-refractivity contribution in [3.8, 4) is 0 Å². The van der Waals surface area contributed by atoms with E-state index in [1.807, 2.05) is 42.5 Å². The molecule has 20 heavy (non-hydrogen) atoms. The summed E-state index contributed by atoms with van der Waals surface area (Å²) in [5.41, 5.74) is 0.874. The lowest BCUT2D eigenvalue weighted by molar-refractivity contribution is -0.121. The van der Waals surface area contributed by atoms with Crippen LogP contribution in [0.5, 0.6) is 0 Å². The second-order valence-corrected chi connectivity index (χ2v) is 4.59. The summed E-state index contributed by atoms with van der Waals surface area (Å²) in [5.74, 6) is -0.483. The van der Waals surface area contributed by atoms with Crippen LogP contribution in [-0.4, -0.2) is 23.1 Å². The summed E-state index contributed by atoms with van der Waals surface area (Å²) in [6.07, 6.45) is -0.975. The minimum Gasteiger partial charge on any atom is -0.465 e. The van der Waals surface area contributed by atoms with Crippen molar-refractivity contribution in [1.29, 1.82) is 0 Å². The summed E-state index contributed by atoms with van der Waals surface area (Å²) in [6.45, 7) is 0. The summed E-state index contributed by atoms with van der Waals surface area (Å²) < 4.78 is 2.16. The summed E-state index contributed by atoms with van der Waals surface area (Å²) in [4.78, 5) is 22.3. The molecule has 1 atom stereocenters. The summed E-state index contributed by atoms with van der Waals surface area (Å²) >= 11 is 3.67. The van der Waals surface area contributed by atoms with Gasteiger partial charge >= 0.3 is 6.09 Å². The molecule has 0 aromatic heterocycles. The second kappa shape index (κ2) is 6.29. The van der Waals surface area contributed by atoms with Gasteiger partial charge in [0.15, 0.2) is 0 Å². The number of hydrogen-bond acceptors (Lipinski definition) is 3. The Kier molecular flexibility index (Phi) is 4.47. The molecule has 0 saturated heterocycles. The standard InChI is InChI=1S/C14H14N2O3S/c17-13(16-20)12(15-14(18)19)8-9-5-6-10-3-1-2-4-11(10)7-9/h1-7,12,15,20H,8H2,(H,16,17)(H,18,19)/t12-/m1/s1.